The van der Waals surface area contributed by atoms with Crippen LogP contribution in [0, 0.1) is 0 Å². The third kappa shape index (κ3) is 9.33. The van der Waals surface area contributed by atoms with Gasteiger partial charge < -0.3 is 10.6 Å². The lowest BCUT2D eigenvalue weighted by molar-refractivity contribution is -0.145. The molecule has 0 aromatic carbocycles. The summed E-state index contributed by atoms with van der Waals surface area (Å²) in [6.45, 7) is 16.2. The van der Waals surface area contributed by atoms with Gasteiger partial charge in [0, 0.05) is 24.2 Å². The number of barbiturate groups is 1. The standard InChI is InChI=1S/C14H24N2O3.C11H24N2O/c1-5-10(6-2)15-12(17)9-13(18)16(14(15)19)11(7-3)8-4;1-5-9(6-2)12-11(14)13-10(7-3)8-4/h10-11H,5-9H2,1-4H3;9-10H,5-8H2,1-4H3,(H2,12,13,14). The number of hydrogen-bond acceptors (Lipinski definition) is 4. The molecule has 0 atom stereocenters. The van der Waals surface area contributed by atoms with Crippen molar-refractivity contribution in [2.24, 2.45) is 0 Å². The third-order valence-electron chi connectivity index (χ3n) is 6.51. The van der Waals surface area contributed by atoms with Gasteiger partial charge in [0.05, 0.1) is 0 Å². The highest BCUT2D eigenvalue weighted by Gasteiger charge is 2.42. The van der Waals surface area contributed by atoms with E-state index in [0.717, 1.165) is 51.4 Å². The Bertz CT molecular complexity index is 562. The van der Waals surface area contributed by atoms with Crippen LogP contribution in [0.5, 0.6) is 0 Å². The maximum absolute atomic E-state index is 12.5. The summed E-state index contributed by atoms with van der Waals surface area (Å²) < 4.78 is 0. The molecule has 0 radical (unpaired) electrons. The van der Waals surface area contributed by atoms with E-state index in [9.17, 15) is 19.2 Å². The summed E-state index contributed by atoms with van der Waals surface area (Å²) in [5.41, 5.74) is 0. The third-order valence-corrected chi connectivity index (χ3v) is 6.51. The van der Waals surface area contributed by atoms with Crippen LogP contribution in [0.1, 0.15) is 113 Å². The topological polar surface area (TPSA) is 98.8 Å². The van der Waals surface area contributed by atoms with E-state index in [0.29, 0.717) is 12.1 Å². The molecule has 8 heteroatoms. The molecule has 1 heterocycles. The van der Waals surface area contributed by atoms with Gasteiger partial charge in [-0.25, -0.2) is 9.59 Å². The maximum Gasteiger partial charge on any atom is 0.333 e. The molecule has 0 unspecified atom stereocenters. The van der Waals surface area contributed by atoms with Crippen molar-refractivity contribution < 1.29 is 19.2 Å². The molecular weight excluding hydrogens is 420 g/mol. The monoisotopic (exact) mass is 468 g/mol. The largest absolute Gasteiger partial charge is 0.335 e. The van der Waals surface area contributed by atoms with Crippen molar-refractivity contribution in [3.8, 4) is 0 Å². The van der Waals surface area contributed by atoms with Crippen LogP contribution in [0.3, 0.4) is 0 Å². The van der Waals surface area contributed by atoms with Gasteiger partial charge in [-0.05, 0) is 51.4 Å². The molecule has 8 nitrogen and oxygen atoms in total. The number of carbonyl (C=O) groups is 4. The van der Waals surface area contributed by atoms with E-state index in [4.69, 9.17) is 0 Å². The number of amides is 6. The fourth-order valence-electron chi connectivity index (χ4n) is 4.05. The first-order chi connectivity index (χ1) is 15.7. The number of carbonyl (C=O) groups excluding carboxylic acids is 4. The Morgan fingerprint density at radius 2 is 0.939 bits per heavy atom. The van der Waals surface area contributed by atoms with E-state index >= 15 is 0 Å². The fourth-order valence-corrected chi connectivity index (χ4v) is 4.05. The molecule has 1 aliphatic rings. The molecule has 0 bridgehead atoms. The zero-order chi connectivity index (χ0) is 25.6. The number of nitrogens with one attached hydrogen (secondary N) is 2. The Labute approximate surface area is 201 Å². The van der Waals surface area contributed by atoms with Gasteiger partial charge in [-0.1, -0.05) is 55.4 Å². The molecule has 0 aromatic rings. The molecule has 1 rings (SSSR count). The molecule has 6 amide bonds. The molecule has 0 aliphatic carbocycles. The van der Waals surface area contributed by atoms with Crippen molar-refractivity contribution in [3.05, 3.63) is 0 Å². The van der Waals surface area contributed by atoms with Crippen molar-refractivity contribution >= 4 is 23.9 Å². The lowest BCUT2D eigenvalue weighted by Crippen LogP contribution is -2.60. The van der Waals surface area contributed by atoms with Gasteiger partial charge in [-0.2, -0.15) is 0 Å². The fraction of sp³-hybridized carbons (Fsp3) is 0.840. The van der Waals surface area contributed by atoms with Crippen LogP contribution in [0.4, 0.5) is 9.59 Å². The Kier molecular flexibility index (Phi) is 15.4. The second-order valence-corrected chi connectivity index (χ2v) is 8.57. The van der Waals surface area contributed by atoms with Gasteiger partial charge in [-0.15, -0.1) is 0 Å². The summed E-state index contributed by atoms with van der Waals surface area (Å²) in [4.78, 5) is 50.5. The van der Waals surface area contributed by atoms with Crippen LogP contribution in [-0.2, 0) is 9.59 Å². The highest BCUT2D eigenvalue weighted by atomic mass is 16.2. The van der Waals surface area contributed by atoms with Crippen LogP contribution >= 0.6 is 0 Å². The molecule has 33 heavy (non-hydrogen) atoms. The lowest BCUT2D eigenvalue weighted by atomic mass is 10.1. The number of rotatable bonds is 12. The zero-order valence-electron chi connectivity index (χ0n) is 22.2. The molecule has 0 spiro atoms. The number of hydrogen-bond donors (Lipinski definition) is 2. The molecule has 0 aromatic heterocycles. The van der Waals surface area contributed by atoms with E-state index in [-0.39, 0.29) is 36.3 Å². The van der Waals surface area contributed by atoms with Gasteiger partial charge >= 0.3 is 12.1 Å². The summed E-state index contributed by atoms with van der Waals surface area (Å²) in [6.07, 6.45) is 6.67. The van der Waals surface area contributed by atoms with Gasteiger partial charge in [0.2, 0.25) is 11.8 Å². The zero-order valence-corrected chi connectivity index (χ0v) is 22.2. The van der Waals surface area contributed by atoms with Crippen LogP contribution in [0.2, 0.25) is 0 Å². The van der Waals surface area contributed by atoms with Crippen molar-refractivity contribution in [1.82, 2.24) is 20.4 Å². The normalized spacial score (nSPS) is 14.4. The van der Waals surface area contributed by atoms with E-state index in [2.05, 4.69) is 38.3 Å². The number of imide groups is 2. The Balaban J connectivity index is 0.000000653. The van der Waals surface area contributed by atoms with E-state index in [1.54, 1.807) is 0 Å². The predicted molar refractivity (Wildman–Crippen MR) is 133 cm³/mol. The second kappa shape index (κ2) is 16.5. The summed E-state index contributed by atoms with van der Waals surface area (Å²) in [6, 6.07) is -0.0419. The maximum atomic E-state index is 12.5. The van der Waals surface area contributed by atoms with Gasteiger partial charge in [0.15, 0.2) is 0 Å². The molecule has 1 fully saturated rings. The van der Waals surface area contributed by atoms with Crippen molar-refractivity contribution in [1.29, 1.82) is 0 Å². The van der Waals surface area contributed by atoms with Crippen LogP contribution < -0.4 is 10.6 Å². The summed E-state index contributed by atoms with van der Waals surface area (Å²) in [7, 11) is 0. The average molecular weight is 469 g/mol. The highest BCUT2D eigenvalue weighted by molar-refractivity contribution is 6.14. The first-order valence-electron chi connectivity index (χ1n) is 12.9. The van der Waals surface area contributed by atoms with Gasteiger partial charge in [0.1, 0.15) is 6.42 Å². The minimum Gasteiger partial charge on any atom is -0.335 e. The predicted octanol–water partition coefficient (Wildman–Crippen LogP) is 5.21. The minimum atomic E-state index is -0.427. The van der Waals surface area contributed by atoms with E-state index < -0.39 is 6.03 Å². The molecule has 2 N–H and O–H groups in total. The van der Waals surface area contributed by atoms with Crippen LogP contribution in [-0.4, -0.2) is 57.8 Å². The number of nitrogens with zero attached hydrogens (tertiary/aromatic N) is 2. The SMILES string of the molecule is CCC(CC)N1C(=O)CC(=O)N(C(CC)CC)C1=O.CCC(CC)NC(=O)NC(CC)CC. The molecular formula is C25H48N4O4. The minimum absolute atomic E-state index is 0.0209. The van der Waals surface area contributed by atoms with Crippen molar-refractivity contribution in [2.45, 2.75) is 137 Å². The molecule has 0 saturated carbocycles. The molecule has 192 valence electrons. The summed E-state index contributed by atoms with van der Waals surface area (Å²) in [5.74, 6) is -0.711. The Morgan fingerprint density at radius 3 is 1.18 bits per heavy atom. The van der Waals surface area contributed by atoms with Crippen LogP contribution in [0.15, 0.2) is 0 Å². The summed E-state index contributed by atoms with van der Waals surface area (Å²) >= 11 is 0. The van der Waals surface area contributed by atoms with Crippen molar-refractivity contribution in [2.75, 3.05) is 0 Å². The van der Waals surface area contributed by atoms with Gasteiger partial charge in [0.25, 0.3) is 0 Å². The Hall–Kier alpha value is -2.12. The highest BCUT2D eigenvalue weighted by Crippen LogP contribution is 2.23. The second-order valence-electron chi connectivity index (χ2n) is 8.57. The average Bonchev–Trinajstić information content (AvgIpc) is 2.81. The molecule has 1 saturated heterocycles. The molecule has 1 aliphatic heterocycles. The first kappa shape index (κ1) is 30.9. The van der Waals surface area contributed by atoms with Crippen molar-refractivity contribution in [3.63, 3.8) is 0 Å². The lowest BCUT2D eigenvalue weighted by Gasteiger charge is -2.40. The quantitative estimate of drug-likeness (QED) is 0.384. The Morgan fingerprint density at radius 1 is 0.636 bits per heavy atom. The first-order valence-corrected chi connectivity index (χ1v) is 12.9. The summed E-state index contributed by atoms with van der Waals surface area (Å²) in [5, 5.41) is 5.93. The smallest absolute Gasteiger partial charge is 0.333 e. The van der Waals surface area contributed by atoms with E-state index in [1.807, 2.05) is 27.7 Å². The van der Waals surface area contributed by atoms with E-state index in [1.165, 1.54) is 9.80 Å². The van der Waals surface area contributed by atoms with Crippen LogP contribution in [0.25, 0.3) is 0 Å². The van der Waals surface area contributed by atoms with Gasteiger partial charge in [-0.3, -0.25) is 19.4 Å². The number of urea groups is 2.